The first-order valence-electron chi connectivity index (χ1n) is 14.5. The normalized spacial score (nSPS) is 21.0. The van der Waals surface area contributed by atoms with E-state index in [1.807, 2.05) is 0 Å². The minimum Gasteiger partial charge on any atom is -0.457 e. The summed E-state index contributed by atoms with van der Waals surface area (Å²) in [6.07, 6.45) is 7.76. The highest BCUT2D eigenvalue weighted by Crippen LogP contribution is 2.30. The van der Waals surface area contributed by atoms with Gasteiger partial charge in [-0.05, 0) is 19.3 Å². The van der Waals surface area contributed by atoms with Crippen molar-refractivity contribution < 1.29 is 61.9 Å². The predicted octanol–water partition coefficient (Wildman–Crippen LogP) is 2.14. The number of unbranched alkanes of at least 4 members (excludes halogenated alkanes) is 10. The molecular weight excluding hydrogens is 544 g/mol. The Morgan fingerprint density at radius 3 is 1.41 bits per heavy atom. The lowest BCUT2D eigenvalue weighted by atomic mass is 10.1. The van der Waals surface area contributed by atoms with E-state index in [0.29, 0.717) is 12.8 Å². The third kappa shape index (κ3) is 13.0. The van der Waals surface area contributed by atoms with Crippen LogP contribution in [0.3, 0.4) is 0 Å². The second-order valence-corrected chi connectivity index (χ2v) is 9.93. The third-order valence-corrected chi connectivity index (χ3v) is 6.65. The molecule has 0 aromatic carbocycles. The number of esters is 5. The van der Waals surface area contributed by atoms with Gasteiger partial charge in [0.1, 0.15) is 12.2 Å². The fraction of sp³-hybridized carbons (Fsp3) is 0.786. The van der Waals surface area contributed by atoms with Gasteiger partial charge in [0.2, 0.25) is 6.29 Å². The van der Waals surface area contributed by atoms with Crippen molar-refractivity contribution in [1.82, 2.24) is 0 Å². The fourth-order valence-electron chi connectivity index (χ4n) is 4.46. The molecule has 0 saturated carbocycles. The van der Waals surface area contributed by atoms with Gasteiger partial charge in [0.15, 0.2) is 12.2 Å². The minimum atomic E-state index is -1.17. The Labute approximate surface area is 239 Å². The molecule has 2 heterocycles. The number of rotatable bonds is 19. The molecule has 0 amide bonds. The second-order valence-electron chi connectivity index (χ2n) is 9.93. The van der Waals surface area contributed by atoms with Crippen LogP contribution in [0.25, 0.3) is 0 Å². The number of carbonyl (C=O) groups excluding carboxylic acids is 6. The van der Waals surface area contributed by atoms with Gasteiger partial charge in [0.05, 0.1) is 33.0 Å². The molecule has 0 bridgehead atoms. The summed E-state index contributed by atoms with van der Waals surface area (Å²) < 4.78 is 35.8. The molecule has 2 unspecified atom stereocenters. The van der Waals surface area contributed by atoms with Crippen LogP contribution in [0.4, 0.5) is 0 Å². The van der Waals surface area contributed by atoms with Crippen molar-refractivity contribution >= 4 is 36.1 Å². The number of fused-ring (bicyclic) bond motifs is 1. The van der Waals surface area contributed by atoms with Gasteiger partial charge < -0.3 is 33.2 Å². The highest BCUT2D eigenvalue weighted by atomic mass is 16.7. The molecule has 0 N–H and O–H groups in total. The standard InChI is InChI=1S/C28H42O13/c1-2-3-4-5-8-11-14-35-25(31)26(32)36-15-12-9-6-7-10-13-16-37-27(33)28(34)41-21-19-39-23-20(18-38-24(21)23)40-22(30)17-29/h17,20-21,23-24H,2-16,18-19H2,1H3/t20-,21-,23?,24?/m0/s1. The third-order valence-electron chi connectivity index (χ3n) is 6.65. The van der Waals surface area contributed by atoms with Crippen LogP contribution in [0.2, 0.25) is 0 Å². The lowest BCUT2D eigenvalue weighted by Crippen LogP contribution is -2.37. The van der Waals surface area contributed by atoms with Crippen LogP contribution in [0.5, 0.6) is 0 Å². The summed E-state index contributed by atoms with van der Waals surface area (Å²) in [6.45, 7) is 2.51. The van der Waals surface area contributed by atoms with E-state index >= 15 is 0 Å². The van der Waals surface area contributed by atoms with Gasteiger partial charge in [-0.2, -0.15) is 0 Å². The molecule has 0 spiro atoms. The van der Waals surface area contributed by atoms with Gasteiger partial charge in [-0.1, -0.05) is 64.7 Å². The topological polar surface area (TPSA) is 167 Å². The van der Waals surface area contributed by atoms with Crippen molar-refractivity contribution in [3.8, 4) is 0 Å². The molecule has 41 heavy (non-hydrogen) atoms. The summed E-state index contributed by atoms with van der Waals surface area (Å²) in [4.78, 5) is 68.9. The van der Waals surface area contributed by atoms with Crippen molar-refractivity contribution in [2.24, 2.45) is 0 Å². The second kappa shape index (κ2) is 19.9. The van der Waals surface area contributed by atoms with Crippen LogP contribution >= 0.6 is 0 Å². The molecule has 232 valence electrons. The van der Waals surface area contributed by atoms with E-state index in [4.69, 9.17) is 33.2 Å². The summed E-state index contributed by atoms with van der Waals surface area (Å²) in [7, 11) is 0. The van der Waals surface area contributed by atoms with Crippen LogP contribution < -0.4 is 0 Å². The van der Waals surface area contributed by atoms with Crippen molar-refractivity contribution in [3.63, 3.8) is 0 Å². The molecule has 4 atom stereocenters. The van der Waals surface area contributed by atoms with Crippen molar-refractivity contribution in [2.45, 2.75) is 108 Å². The number of hydrogen-bond donors (Lipinski definition) is 0. The summed E-state index contributed by atoms with van der Waals surface area (Å²) in [6, 6.07) is 0. The average molecular weight is 587 g/mol. The van der Waals surface area contributed by atoms with Crippen molar-refractivity contribution in [3.05, 3.63) is 0 Å². The smallest absolute Gasteiger partial charge is 0.417 e. The molecule has 0 aromatic heterocycles. The highest BCUT2D eigenvalue weighted by molar-refractivity contribution is 6.30. The SMILES string of the molecule is CCCCCCCCOC(=O)C(=O)OCCCCCCCCOC(=O)C(=O)O[C@H]1COC2C1OC[C@@H]2OC(=O)C=O. The van der Waals surface area contributed by atoms with E-state index in [0.717, 1.165) is 44.9 Å². The van der Waals surface area contributed by atoms with E-state index in [2.05, 4.69) is 6.92 Å². The van der Waals surface area contributed by atoms with Crippen molar-refractivity contribution in [1.29, 1.82) is 0 Å². The fourth-order valence-corrected chi connectivity index (χ4v) is 4.46. The maximum Gasteiger partial charge on any atom is 0.417 e. The van der Waals surface area contributed by atoms with Gasteiger partial charge in [0.25, 0.3) is 0 Å². The van der Waals surface area contributed by atoms with E-state index in [-0.39, 0.29) is 39.3 Å². The molecule has 0 aliphatic carbocycles. The van der Waals surface area contributed by atoms with Gasteiger partial charge >= 0.3 is 29.8 Å². The largest absolute Gasteiger partial charge is 0.457 e. The zero-order valence-electron chi connectivity index (χ0n) is 23.7. The molecule has 2 fully saturated rings. The van der Waals surface area contributed by atoms with Crippen LogP contribution in [0.15, 0.2) is 0 Å². The quantitative estimate of drug-likeness (QED) is 0.0710. The van der Waals surface area contributed by atoms with Gasteiger partial charge in [-0.3, -0.25) is 4.79 Å². The van der Waals surface area contributed by atoms with Crippen molar-refractivity contribution in [2.75, 3.05) is 33.0 Å². The molecule has 2 rings (SSSR count). The van der Waals surface area contributed by atoms with Crippen LogP contribution in [-0.2, 0) is 61.9 Å². The predicted molar refractivity (Wildman–Crippen MR) is 139 cm³/mol. The van der Waals surface area contributed by atoms with Crippen LogP contribution in [0, 0.1) is 0 Å². The Hall–Kier alpha value is -3.06. The first kappa shape index (κ1) is 34.1. The number of aldehydes is 1. The van der Waals surface area contributed by atoms with Gasteiger partial charge in [-0.15, -0.1) is 0 Å². The first-order valence-corrected chi connectivity index (χ1v) is 14.5. The number of ether oxygens (including phenoxy) is 7. The number of carbonyl (C=O) groups is 6. The maximum atomic E-state index is 12.1. The summed E-state index contributed by atoms with van der Waals surface area (Å²) in [5, 5.41) is 0. The zero-order valence-corrected chi connectivity index (χ0v) is 23.7. The minimum absolute atomic E-state index is 0.0213. The summed E-state index contributed by atoms with van der Waals surface area (Å²) in [5.41, 5.74) is 0. The monoisotopic (exact) mass is 586 g/mol. The lowest BCUT2D eigenvalue weighted by molar-refractivity contribution is -0.173. The molecule has 2 aliphatic rings. The van der Waals surface area contributed by atoms with E-state index in [9.17, 15) is 28.8 Å². The molecule has 0 aromatic rings. The van der Waals surface area contributed by atoms with E-state index < -0.39 is 54.3 Å². The van der Waals surface area contributed by atoms with Crippen LogP contribution in [-0.4, -0.2) is 93.6 Å². The lowest BCUT2D eigenvalue weighted by Gasteiger charge is -2.16. The summed E-state index contributed by atoms with van der Waals surface area (Å²) >= 11 is 0. The van der Waals surface area contributed by atoms with Gasteiger partial charge in [0, 0.05) is 0 Å². The highest BCUT2D eigenvalue weighted by Gasteiger charge is 2.51. The van der Waals surface area contributed by atoms with Gasteiger partial charge in [-0.25, -0.2) is 24.0 Å². The maximum absolute atomic E-state index is 12.1. The Balaban J connectivity index is 1.42. The first-order chi connectivity index (χ1) is 19.9. The Kier molecular flexibility index (Phi) is 16.6. The van der Waals surface area contributed by atoms with E-state index in [1.54, 1.807) is 0 Å². The Bertz CT molecular complexity index is 858. The summed E-state index contributed by atoms with van der Waals surface area (Å²) in [5.74, 6) is -5.25. The van der Waals surface area contributed by atoms with Crippen LogP contribution in [0.1, 0.15) is 84.0 Å². The molecule has 2 aliphatic heterocycles. The molecule has 13 nitrogen and oxygen atoms in total. The Morgan fingerprint density at radius 2 is 0.976 bits per heavy atom. The molecule has 2 saturated heterocycles. The zero-order chi connectivity index (χ0) is 29.9. The van der Waals surface area contributed by atoms with E-state index in [1.165, 1.54) is 19.3 Å². The number of hydrogen-bond acceptors (Lipinski definition) is 13. The average Bonchev–Trinajstić information content (AvgIpc) is 3.55. The molecule has 0 radical (unpaired) electrons. The Morgan fingerprint density at radius 1 is 0.585 bits per heavy atom. The molecular formula is C28H42O13. The molecule has 13 heteroatoms.